The van der Waals surface area contributed by atoms with Crippen LogP contribution >= 0.6 is 31.9 Å². The number of hydrogen-bond acceptors (Lipinski definition) is 3. The lowest BCUT2D eigenvalue weighted by Crippen LogP contribution is -2.41. The van der Waals surface area contributed by atoms with Crippen molar-refractivity contribution < 1.29 is 4.74 Å². The first-order chi connectivity index (χ1) is 8.70. The second-order valence-corrected chi connectivity index (χ2v) is 6.23. The maximum Gasteiger partial charge on any atom is 0.137 e. The molecule has 0 saturated carbocycles. The van der Waals surface area contributed by atoms with Gasteiger partial charge in [-0.25, -0.2) is 5.01 Å². The summed E-state index contributed by atoms with van der Waals surface area (Å²) in [5, 5.41) is 2.30. The maximum absolute atomic E-state index is 5.44. The van der Waals surface area contributed by atoms with Crippen molar-refractivity contribution in [1.29, 1.82) is 0 Å². The van der Waals surface area contributed by atoms with E-state index in [2.05, 4.69) is 48.4 Å². The van der Waals surface area contributed by atoms with E-state index in [0.717, 1.165) is 39.9 Å². The van der Waals surface area contributed by atoms with Gasteiger partial charge in [0.1, 0.15) is 5.75 Å². The lowest BCUT2D eigenvalue weighted by molar-refractivity contribution is 0.150. The van der Waals surface area contributed by atoms with Gasteiger partial charge < -0.3 is 4.74 Å². The summed E-state index contributed by atoms with van der Waals surface area (Å²) in [6.45, 7) is 3.07. The summed E-state index contributed by atoms with van der Waals surface area (Å²) in [5.41, 5.74) is 4.64. The molecule has 0 unspecified atom stereocenters. The van der Waals surface area contributed by atoms with Gasteiger partial charge in [0.05, 0.1) is 11.6 Å². The molecule has 100 valence electrons. The van der Waals surface area contributed by atoms with Gasteiger partial charge in [-0.05, 0) is 40.9 Å². The molecule has 3 nitrogen and oxygen atoms in total. The first-order valence-electron chi connectivity index (χ1n) is 6.21. The zero-order valence-electron chi connectivity index (χ0n) is 10.5. The molecule has 0 bridgehead atoms. The molecular formula is C13H18Br2N2O. The molecule has 18 heavy (non-hydrogen) atoms. The Kier molecular flexibility index (Phi) is 5.48. The smallest absolute Gasteiger partial charge is 0.137 e. The predicted molar refractivity (Wildman–Crippen MR) is 80.7 cm³/mol. The molecule has 0 aliphatic carbocycles. The van der Waals surface area contributed by atoms with Crippen LogP contribution in [-0.2, 0) is 6.54 Å². The van der Waals surface area contributed by atoms with Crippen molar-refractivity contribution in [2.24, 2.45) is 0 Å². The highest BCUT2D eigenvalue weighted by Crippen LogP contribution is 2.32. The molecule has 1 aliphatic heterocycles. The Hall–Kier alpha value is -0.100. The summed E-state index contributed by atoms with van der Waals surface area (Å²) < 4.78 is 7.49. The highest BCUT2D eigenvalue weighted by atomic mass is 79.9. The van der Waals surface area contributed by atoms with Gasteiger partial charge in [-0.3, -0.25) is 5.43 Å². The van der Waals surface area contributed by atoms with Gasteiger partial charge in [-0.1, -0.05) is 22.4 Å². The number of rotatable bonds is 4. The zero-order chi connectivity index (χ0) is 13.0. The van der Waals surface area contributed by atoms with Gasteiger partial charge in [0.2, 0.25) is 0 Å². The third-order valence-corrected chi connectivity index (χ3v) is 4.19. The van der Waals surface area contributed by atoms with E-state index < -0.39 is 0 Å². The second kappa shape index (κ2) is 6.89. The first kappa shape index (κ1) is 14.3. The molecule has 1 aromatic carbocycles. The summed E-state index contributed by atoms with van der Waals surface area (Å²) in [4.78, 5) is 0. The molecule has 1 fully saturated rings. The highest BCUT2D eigenvalue weighted by Gasteiger charge is 2.12. The lowest BCUT2D eigenvalue weighted by Gasteiger charge is -2.27. The van der Waals surface area contributed by atoms with Crippen LogP contribution in [0, 0.1) is 0 Å². The summed E-state index contributed by atoms with van der Waals surface area (Å²) in [6, 6.07) is 4.10. The minimum Gasteiger partial charge on any atom is -0.495 e. The molecule has 1 heterocycles. The van der Waals surface area contributed by atoms with Gasteiger partial charge in [0.15, 0.2) is 0 Å². The van der Waals surface area contributed by atoms with Crippen LogP contribution in [0.5, 0.6) is 5.75 Å². The van der Waals surface area contributed by atoms with Crippen molar-refractivity contribution in [3.05, 3.63) is 26.6 Å². The fraction of sp³-hybridized carbons (Fsp3) is 0.538. The van der Waals surface area contributed by atoms with E-state index in [4.69, 9.17) is 4.74 Å². The number of nitrogens with one attached hydrogen (secondary N) is 1. The van der Waals surface area contributed by atoms with Gasteiger partial charge in [-0.15, -0.1) is 0 Å². The van der Waals surface area contributed by atoms with Crippen LogP contribution in [0.25, 0.3) is 0 Å². The zero-order valence-corrected chi connectivity index (χ0v) is 13.7. The molecule has 0 atom stereocenters. The molecular weight excluding hydrogens is 360 g/mol. The van der Waals surface area contributed by atoms with Gasteiger partial charge >= 0.3 is 0 Å². The van der Waals surface area contributed by atoms with E-state index >= 15 is 0 Å². The highest BCUT2D eigenvalue weighted by molar-refractivity contribution is 9.11. The molecule has 1 N–H and O–H groups in total. The van der Waals surface area contributed by atoms with Crippen molar-refractivity contribution in [2.75, 3.05) is 20.2 Å². The largest absolute Gasteiger partial charge is 0.495 e. The standard InChI is InChI=1S/C13H18Br2N2O/c1-18-13-10(7-11(14)8-12(13)15)9-16-17-5-3-2-4-6-17/h7-8,16H,2-6,9H2,1H3. The summed E-state index contributed by atoms with van der Waals surface area (Å²) in [6.07, 6.45) is 3.92. The Morgan fingerprint density at radius 1 is 1.22 bits per heavy atom. The summed E-state index contributed by atoms with van der Waals surface area (Å²) in [5.74, 6) is 0.905. The maximum atomic E-state index is 5.44. The average molecular weight is 378 g/mol. The molecule has 0 radical (unpaired) electrons. The minimum absolute atomic E-state index is 0.793. The average Bonchev–Trinajstić information content (AvgIpc) is 2.37. The van der Waals surface area contributed by atoms with Crippen LogP contribution < -0.4 is 10.2 Å². The van der Waals surface area contributed by atoms with Crippen molar-refractivity contribution in [2.45, 2.75) is 25.8 Å². The number of nitrogens with zero attached hydrogens (tertiary/aromatic N) is 1. The van der Waals surface area contributed by atoms with Crippen LogP contribution in [-0.4, -0.2) is 25.2 Å². The first-order valence-corrected chi connectivity index (χ1v) is 7.79. The van der Waals surface area contributed by atoms with E-state index in [1.54, 1.807) is 7.11 Å². The fourth-order valence-electron chi connectivity index (χ4n) is 2.22. The molecule has 0 amide bonds. The SMILES string of the molecule is COc1c(Br)cc(Br)cc1CNN1CCCCC1. The Morgan fingerprint density at radius 3 is 2.61 bits per heavy atom. The number of hydrazine groups is 1. The second-order valence-electron chi connectivity index (χ2n) is 4.46. The van der Waals surface area contributed by atoms with Crippen LogP contribution in [0.3, 0.4) is 0 Å². The van der Waals surface area contributed by atoms with E-state index in [1.165, 1.54) is 19.3 Å². The third kappa shape index (κ3) is 3.70. The minimum atomic E-state index is 0.793. The van der Waals surface area contributed by atoms with Crippen molar-refractivity contribution in [3.63, 3.8) is 0 Å². The van der Waals surface area contributed by atoms with Crippen molar-refractivity contribution in [3.8, 4) is 5.75 Å². The van der Waals surface area contributed by atoms with Crippen LogP contribution in [0.2, 0.25) is 0 Å². The number of hydrogen-bond donors (Lipinski definition) is 1. The summed E-state index contributed by atoms with van der Waals surface area (Å²) in [7, 11) is 1.71. The Balaban J connectivity index is 2.03. The van der Waals surface area contributed by atoms with Crippen LogP contribution in [0.15, 0.2) is 21.1 Å². The molecule has 1 aliphatic rings. The lowest BCUT2D eigenvalue weighted by atomic mass is 10.1. The van der Waals surface area contributed by atoms with E-state index in [1.807, 2.05) is 6.07 Å². The third-order valence-electron chi connectivity index (χ3n) is 3.14. The number of piperidine rings is 1. The van der Waals surface area contributed by atoms with E-state index in [9.17, 15) is 0 Å². The van der Waals surface area contributed by atoms with Crippen LogP contribution in [0.1, 0.15) is 24.8 Å². The molecule has 2 rings (SSSR count). The predicted octanol–water partition coefficient (Wildman–Crippen LogP) is 3.71. The van der Waals surface area contributed by atoms with Gasteiger partial charge in [0, 0.05) is 29.7 Å². The topological polar surface area (TPSA) is 24.5 Å². The Morgan fingerprint density at radius 2 is 1.94 bits per heavy atom. The monoisotopic (exact) mass is 376 g/mol. The molecule has 5 heteroatoms. The van der Waals surface area contributed by atoms with Gasteiger partial charge in [0.25, 0.3) is 0 Å². The number of methoxy groups -OCH3 is 1. The van der Waals surface area contributed by atoms with Crippen molar-refractivity contribution >= 4 is 31.9 Å². The van der Waals surface area contributed by atoms with E-state index in [-0.39, 0.29) is 0 Å². The number of ether oxygens (including phenoxy) is 1. The van der Waals surface area contributed by atoms with E-state index in [0.29, 0.717) is 0 Å². The molecule has 0 aromatic heterocycles. The van der Waals surface area contributed by atoms with Crippen molar-refractivity contribution in [1.82, 2.24) is 10.4 Å². The molecule has 0 spiro atoms. The Bertz CT molecular complexity index is 406. The fourth-order valence-corrected chi connectivity index (χ4v) is 3.70. The summed E-state index contributed by atoms with van der Waals surface area (Å²) >= 11 is 7.04. The Labute approximate surface area is 125 Å². The normalized spacial score (nSPS) is 16.8. The number of halogens is 2. The van der Waals surface area contributed by atoms with Gasteiger partial charge in [-0.2, -0.15) is 0 Å². The molecule has 1 aromatic rings. The number of benzene rings is 1. The van der Waals surface area contributed by atoms with Crippen LogP contribution in [0.4, 0.5) is 0 Å². The quantitative estimate of drug-likeness (QED) is 0.865. The molecule has 1 saturated heterocycles.